The van der Waals surface area contributed by atoms with Crippen LogP contribution in [0.2, 0.25) is 0 Å². The zero-order chi connectivity index (χ0) is 15.3. The number of anilines is 1. The van der Waals surface area contributed by atoms with E-state index in [-0.39, 0.29) is 23.9 Å². The maximum Gasteiger partial charge on any atom is 0.125 e. The molecule has 0 heterocycles. The van der Waals surface area contributed by atoms with E-state index in [2.05, 4.69) is 26.1 Å². The van der Waals surface area contributed by atoms with E-state index in [4.69, 9.17) is 5.11 Å². The summed E-state index contributed by atoms with van der Waals surface area (Å²) in [7, 11) is 3.83. The Bertz CT molecular complexity index is 432. The fourth-order valence-corrected chi connectivity index (χ4v) is 2.20. The molecule has 3 nitrogen and oxygen atoms in total. The average molecular weight is 282 g/mol. The fourth-order valence-electron chi connectivity index (χ4n) is 2.20. The SMILES string of the molecule is CC(NCC(C)(C)CCO)c1ccc(F)cc1N(C)C. The van der Waals surface area contributed by atoms with Gasteiger partial charge in [0, 0.05) is 39.0 Å². The summed E-state index contributed by atoms with van der Waals surface area (Å²) in [6, 6.07) is 5.03. The van der Waals surface area contributed by atoms with E-state index < -0.39 is 0 Å². The molecule has 0 saturated carbocycles. The zero-order valence-corrected chi connectivity index (χ0v) is 13.2. The highest BCUT2D eigenvalue weighted by Crippen LogP contribution is 2.27. The Hall–Kier alpha value is -1.13. The largest absolute Gasteiger partial charge is 0.396 e. The molecule has 0 fully saturated rings. The molecule has 1 unspecified atom stereocenters. The van der Waals surface area contributed by atoms with Crippen molar-refractivity contribution in [1.29, 1.82) is 0 Å². The van der Waals surface area contributed by atoms with E-state index in [9.17, 15) is 4.39 Å². The minimum Gasteiger partial charge on any atom is -0.396 e. The average Bonchev–Trinajstić information content (AvgIpc) is 2.35. The Kier molecular flexibility index (Phi) is 5.96. The molecule has 0 aliphatic rings. The number of hydrogen-bond donors (Lipinski definition) is 2. The molecule has 0 radical (unpaired) electrons. The van der Waals surface area contributed by atoms with Crippen molar-refractivity contribution >= 4 is 5.69 Å². The third-order valence-corrected chi connectivity index (χ3v) is 3.62. The van der Waals surface area contributed by atoms with Gasteiger partial charge in [-0.2, -0.15) is 0 Å². The molecular formula is C16H27FN2O. The molecule has 1 rings (SSSR count). The molecule has 2 N–H and O–H groups in total. The summed E-state index contributed by atoms with van der Waals surface area (Å²) >= 11 is 0. The van der Waals surface area contributed by atoms with E-state index in [1.807, 2.05) is 25.1 Å². The molecule has 0 bridgehead atoms. The minimum atomic E-state index is -0.217. The van der Waals surface area contributed by atoms with Gasteiger partial charge in [-0.1, -0.05) is 19.9 Å². The number of hydrogen-bond acceptors (Lipinski definition) is 3. The standard InChI is InChI=1S/C16H27FN2O/c1-12(18-11-16(2,3)8-9-20)14-7-6-13(17)10-15(14)19(4)5/h6-7,10,12,18,20H,8-9,11H2,1-5H3. The smallest absolute Gasteiger partial charge is 0.125 e. The molecular weight excluding hydrogens is 255 g/mol. The number of halogens is 1. The molecule has 4 heteroatoms. The molecule has 1 aromatic carbocycles. The van der Waals surface area contributed by atoms with Gasteiger partial charge in [0.05, 0.1) is 0 Å². The molecule has 0 aliphatic carbocycles. The molecule has 1 atom stereocenters. The Morgan fingerprint density at radius 3 is 2.55 bits per heavy atom. The van der Waals surface area contributed by atoms with Crippen LogP contribution in [0.3, 0.4) is 0 Å². The van der Waals surface area contributed by atoms with Crippen molar-refractivity contribution in [2.75, 3.05) is 32.1 Å². The molecule has 114 valence electrons. The van der Waals surface area contributed by atoms with Gasteiger partial charge in [-0.15, -0.1) is 0 Å². The zero-order valence-electron chi connectivity index (χ0n) is 13.2. The van der Waals surface area contributed by atoms with Crippen LogP contribution >= 0.6 is 0 Å². The summed E-state index contributed by atoms with van der Waals surface area (Å²) in [6.45, 7) is 7.33. The number of benzene rings is 1. The molecule has 0 amide bonds. The lowest BCUT2D eigenvalue weighted by atomic mass is 9.89. The number of aliphatic hydroxyl groups is 1. The molecule has 0 spiro atoms. The van der Waals surface area contributed by atoms with Crippen molar-refractivity contribution < 1.29 is 9.50 Å². The van der Waals surface area contributed by atoms with Gasteiger partial charge in [0.2, 0.25) is 0 Å². The lowest BCUT2D eigenvalue weighted by Crippen LogP contribution is -2.32. The van der Waals surface area contributed by atoms with E-state index in [0.717, 1.165) is 24.2 Å². The minimum absolute atomic E-state index is 0.0430. The summed E-state index contributed by atoms with van der Waals surface area (Å²) in [6.07, 6.45) is 0.761. The van der Waals surface area contributed by atoms with Gasteiger partial charge in [0.25, 0.3) is 0 Å². The van der Waals surface area contributed by atoms with E-state index >= 15 is 0 Å². The summed E-state index contributed by atoms with van der Waals surface area (Å²) < 4.78 is 13.4. The van der Waals surface area contributed by atoms with Gasteiger partial charge >= 0.3 is 0 Å². The van der Waals surface area contributed by atoms with Crippen LogP contribution in [0.25, 0.3) is 0 Å². The van der Waals surface area contributed by atoms with Gasteiger partial charge in [-0.25, -0.2) is 4.39 Å². The van der Waals surface area contributed by atoms with E-state index in [0.29, 0.717) is 0 Å². The molecule has 0 aromatic heterocycles. The predicted molar refractivity (Wildman–Crippen MR) is 82.6 cm³/mol. The molecule has 0 saturated heterocycles. The van der Waals surface area contributed by atoms with Crippen LogP contribution in [0.1, 0.15) is 38.8 Å². The highest BCUT2D eigenvalue weighted by atomic mass is 19.1. The second kappa shape index (κ2) is 7.04. The topological polar surface area (TPSA) is 35.5 Å². The Balaban J connectivity index is 2.80. The summed E-state index contributed by atoms with van der Waals surface area (Å²) in [5, 5.41) is 12.5. The van der Waals surface area contributed by atoms with Crippen LogP contribution in [-0.4, -0.2) is 32.4 Å². The van der Waals surface area contributed by atoms with Crippen LogP contribution in [0.15, 0.2) is 18.2 Å². The first-order valence-corrected chi connectivity index (χ1v) is 7.08. The summed E-state index contributed by atoms with van der Waals surface area (Å²) in [4.78, 5) is 1.93. The van der Waals surface area contributed by atoms with E-state index in [1.165, 1.54) is 6.07 Å². The molecule has 20 heavy (non-hydrogen) atoms. The van der Waals surface area contributed by atoms with Gasteiger partial charge in [0.15, 0.2) is 0 Å². The normalized spacial score (nSPS) is 13.3. The quantitative estimate of drug-likeness (QED) is 0.807. The van der Waals surface area contributed by atoms with Crippen LogP contribution in [0.4, 0.5) is 10.1 Å². The number of nitrogens with one attached hydrogen (secondary N) is 1. The maximum atomic E-state index is 13.4. The number of aliphatic hydroxyl groups excluding tert-OH is 1. The highest BCUT2D eigenvalue weighted by molar-refractivity contribution is 5.54. The van der Waals surface area contributed by atoms with Crippen molar-refractivity contribution in [1.82, 2.24) is 5.32 Å². The van der Waals surface area contributed by atoms with Gasteiger partial charge in [-0.3, -0.25) is 0 Å². The molecule has 0 aliphatic heterocycles. The maximum absolute atomic E-state index is 13.4. The van der Waals surface area contributed by atoms with Crippen LogP contribution in [-0.2, 0) is 0 Å². The Morgan fingerprint density at radius 1 is 1.35 bits per heavy atom. The van der Waals surface area contributed by atoms with Crippen LogP contribution in [0, 0.1) is 11.2 Å². The lowest BCUT2D eigenvalue weighted by molar-refractivity contribution is 0.204. The van der Waals surface area contributed by atoms with E-state index in [1.54, 1.807) is 6.07 Å². The van der Waals surface area contributed by atoms with Gasteiger partial charge in [-0.05, 0) is 36.5 Å². The fraction of sp³-hybridized carbons (Fsp3) is 0.625. The predicted octanol–water partition coefficient (Wildman–Crippen LogP) is 2.95. The van der Waals surface area contributed by atoms with Crippen molar-refractivity contribution in [3.8, 4) is 0 Å². The third-order valence-electron chi connectivity index (χ3n) is 3.62. The molecule has 1 aromatic rings. The summed E-state index contributed by atoms with van der Waals surface area (Å²) in [5.41, 5.74) is 2.02. The van der Waals surface area contributed by atoms with Crippen molar-refractivity contribution in [2.45, 2.75) is 33.2 Å². The van der Waals surface area contributed by atoms with Crippen molar-refractivity contribution in [2.24, 2.45) is 5.41 Å². The Morgan fingerprint density at radius 2 is 2.00 bits per heavy atom. The monoisotopic (exact) mass is 282 g/mol. The first-order valence-electron chi connectivity index (χ1n) is 7.08. The van der Waals surface area contributed by atoms with Gasteiger partial charge in [0.1, 0.15) is 5.82 Å². The third kappa shape index (κ3) is 4.76. The van der Waals surface area contributed by atoms with Crippen molar-refractivity contribution in [3.05, 3.63) is 29.6 Å². The van der Waals surface area contributed by atoms with Gasteiger partial charge < -0.3 is 15.3 Å². The lowest BCUT2D eigenvalue weighted by Gasteiger charge is -2.28. The van der Waals surface area contributed by atoms with Crippen molar-refractivity contribution in [3.63, 3.8) is 0 Å². The summed E-state index contributed by atoms with van der Waals surface area (Å²) in [5.74, 6) is -0.217. The highest BCUT2D eigenvalue weighted by Gasteiger charge is 2.19. The Labute approximate surface area is 121 Å². The first-order chi connectivity index (χ1) is 9.26. The first kappa shape index (κ1) is 16.9. The number of rotatable bonds is 7. The van der Waals surface area contributed by atoms with Crippen LogP contribution < -0.4 is 10.2 Å². The second-order valence-corrected chi connectivity index (χ2v) is 6.34. The van der Waals surface area contributed by atoms with Crippen LogP contribution in [0.5, 0.6) is 0 Å². The number of nitrogens with zero attached hydrogens (tertiary/aromatic N) is 1. The second-order valence-electron chi connectivity index (χ2n) is 6.34.